The van der Waals surface area contributed by atoms with Crippen molar-refractivity contribution in [2.24, 2.45) is 0 Å². The molecule has 4 rings (SSSR count). The number of anilines is 1. The number of esters is 1. The van der Waals surface area contributed by atoms with Gasteiger partial charge in [0.05, 0.1) is 23.4 Å². The zero-order chi connectivity index (χ0) is 23.5. The van der Waals surface area contributed by atoms with Crippen LogP contribution >= 0.6 is 11.3 Å². The summed E-state index contributed by atoms with van der Waals surface area (Å²) in [6, 6.07) is 16.1. The van der Waals surface area contributed by atoms with Gasteiger partial charge in [-0.2, -0.15) is 0 Å². The Hall–Kier alpha value is -3.78. The van der Waals surface area contributed by atoms with Gasteiger partial charge in [-0.3, -0.25) is 14.2 Å². The molecule has 33 heavy (non-hydrogen) atoms. The summed E-state index contributed by atoms with van der Waals surface area (Å²) in [7, 11) is 0. The van der Waals surface area contributed by atoms with Gasteiger partial charge in [-0.05, 0) is 50.6 Å². The lowest BCUT2D eigenvalue weighted by Gasteiger charge is -2.10. The number of rotatable bonds is 6. The van der Waals surface area contributed by atoms with Crippen molar-refractivity contribution in [1.29, 1.82) is 0 Å². The number of ether oxygens (including phenoxy) is 1. The summed E-state index contributed by atoms with van der Waals surface area (Å²) in [5.41, 5.74) is 2.45. The zero-order valence-electron chi connectivity index (χ0n) is 18.5. The lowest BCUT2D eigenvalue weighted by Crippen LogP contribution is -2.27. The van der Waals surface area contributed by atoms with Crippen molar-refractivity contribution >= 4 is 39.1 Å². The van der Waals surface area contributed by atoms with Crippen molar-refractivity contribution in [2.75, 3.05) is 5.32 Å². The third-order valence-electron chi connectivity index (χ3n) is 4.98. The Morgan fingerprint density at radius 3 is 2.45 bits per heavy atom. The van der Waals surface area contributed by atoms with Gasteiger partial charge < -0.3 is 10.1 Å². The van der Waals surface area contributed by atoms with E-state index < -0.39 is 5.97 Å². The van der Waals surface area contributed by atoms with E-state index in [2.05, 4.69) is 10.3 Å². The van der Waals surface area contributed by atoms with Gasteiger partial charge >= 0.3 is 5.97 Å². The van der Waals surface area contributed by atoms with Crippen LogP contribution in [0.15, 0.2) is 65.7 Å². The highest BCUT2D eigenvalue weighted by atomic mass is 32.1. The maximum atomic E-state index is 13.2. The molecule has 0 bridgehead atoms. The van der Waals surface area contributed by atoms with Crippen molar-refractivity contribution < 1.29 is 14.3 Å². The van der Waals surface area contributed by atoms with Crippen LogP contribution in [0.1, 0.15) is 29.1 Å². The third kappa shape index (κ3) is 4.85. The maximum Gasteiger partial charge on any atom is 0.338 e. The standard InChI is InChI=1S/C25H23N3O4S/c1-15(2)32-25(31)18-9-11-19(12-10-18)27-20(29)13-28-14-26-23-22(24(28)30)21(16(3)33-23)17-7-5-4-6-8-17/h4-12,14-15H,13H2,1-3H3,(H,27,29). The van der Waals surface area contributed by atoms with Crippen LogP contribution in [-0.4, -0.2) is 27.5 Å². The number of aryl methyl sites for hydroxylation is 1. The molecule has 2 aromatic heterocycles. The molecule has 0 saturated heterocycles. The minimum Gasteiger partial charge on any atom is -0.459 e. The SMILES string of the molecule is Cc1sc2ncn(CC(=O)Nc3ccc(C(=O)OC(C)C)cc3)c(=O)c2c1-c1ccccc1. The highest BCUT2D eigenvalue weighted by Crippen LogP contribution is 2.35. The molecule has 2 heterocycles. The van der Waals surface area contributed by atoms with Crippen molar-refractivity contribution in [3.63, 3.8) is 0 Å². The lowest BCUT2D eigenvalue weighted by atomic mass is 10.0. The van der Waals surface area contributed by atoms with Crippen molar-refractivity contribution in [3.8, 4) is 11.1 Å². The minimum absolute atomic E-state index is 0.179. The number of nitrogens with zero attached hydrogens (tertiary/aromatic N) is 2. The Kier molecular flexibility index (Phi) is 6.37. The molecule has 0 aliphatic carbocycles. The number of carbonyl (C=O) groups is 2. The van der Waals surface area contributed by atoms with Gasteiger partial charge in [-0.1, -0.05) is 30.3 Å². The average Bonchev–Trinajstić information content (AvgIpc) is 3.13. The van der Waals surface area contributed by atoms with Gasteiger partial charge in [0, 0.05) is 16.1 Å². The predicted molar refractivity (Wildman–Crippen MR) is 130 cm³/mol. The Morgan fingerprint density at radius 2 is 1.79 bits per heavy atom. The molecule has 2 aromatic carbocycles. The fourth-order valence-electron chi connectivity index (χ4n) is 3.53. The van der Waals surface area contributed by atoms with E-state index in [1.165, 1.54) is 22.2 Å². The van der Waals surface area contributed by atoms with E-state index in [4.69, 9.17) is 4.74 Å². The van der Waals surface area contributed by atoms with E-state index in [1.54, 1.807) is 38.1 Å². The van der Waals surface area contributed by atoms with E-state index in [-0.39, 0.29) is 24.1 Å². The van der Waals surface area contributed by atoms with Gasteiger partial charge in [0.2, 0.25) is 5.91 Å². The highest BCUT2D eigenvalue weighted by Gasteiger charge is 2.18. The summed E-state index contributed by atoms with van der Waals surface area (Å²) in [4.78, 5) is 43.9. The number of hydrogen-bond acceptors (Lipinski definition) is 6. The molecule has 4 aromatic rings. The van der Waals surface area contributed by atoms with Crippen LogP contribution in [0.3, 0.4) is 0 Å². The van der Waals surface area contributed by atoms with Crippen LogP contribution in [0.4, 0.5) is 5.69 Å². The smallest absolute Gasteiger partial charge is 0.338 e. The van der Waals surface area contributed by atoms with Gasteiger partial charge in [-0.25, -0.2) is 9.78 Å². The van der Waals surface area contributed by atoms with Crippen LogP contribution in [0, 0.1) is 6.92 Å². The minimum atomic E-state index is -0.422. The summed E-state index contributed by atoms with van der Waals surface area (Å²) >= 11 is 1.46. The van der Waals surface area contributed by atoms with Gasteiger partial charge in [-0.15, -0.1) is 11.3 Å². The number of benzene rings is 2. The molecule has 168 valence electrons. The Bertz CT molecular complexity index is 1370. The molecule has 8 heteroatoms. The lowest BCUT2D eigenvalue weighted by molar-refractivity contribution is -0.116. The fourth-order valence-corrected chi connectivity index (χ4v) is 4.53. The Labute approximate surface area is 194 Å². The van der Waals surface area contributed by atoms with Gasteiger partial charge in [0.25, 0.3) is 5.56 Å². The Morgan fingerprint density at radius 1 is 1.09 bits per heavy atom. The van der Waals surface area contributed by atoms with Gasteiger partial charge in [0.1, 0.15) is 11.4 Å². The fraction of sp³-hybridized carbons (Fsp3) is 0.200. The summed E-state index contributed by atoms with van der Waals surface area (Å²) in [6.45, 7) is 5.34. The normalized spacial score (nSPS) is 11.0. The van der Waals surface area contributed by atoms with E-state index in [0.717, 1.165) is 16.0 Å². The van der Waals surface area contributed by atoms with E-state index >= 15 is 0 Å². The second kappa shape index (κ2) is 9.38. The number of carbonyl (C=O) groups excluding carboxylic acids is 2. The number of nitrogens with one attached hydrogen (secondary N) is 1. The molecule has 0 radical (unpaired) electrons. The molecule has 0 saturated carbocycles. The third-order valence-corrected chi connectivity index (χ3v) is 5.99. The molecule has 1 amide bonds. The first-order valence-corrected chi connectivity index (χ1v) is 11.3. The van der Waals surface area contributed by atoms with Crippen LogP contribution in [0.5, 0.6) is 0 Å². The zero-order valence-corrected chi connectivity index (χ0v) is 19.3. The van der Waals surface area contributed by atoms with Crippen molar-refractivity contribution in [1.82, 2.24) is 9.55 Å². The first kappa shape index (κ1) is 22.4. The van der Waals surface area contributed by atoms with E-state index in [1.807, 2.05) is 37.3 Å². The molecular weight excluding hydrogens is 438 g/mol. The number of amides is 1. The second-order valence-corrected chi connectivity index (χ2v) is 9.04. The number of fused-ring (bicyclic) bond motifs is 1. The molecular formula is C25H23N3O4S. The monoisotopic (exact) mass is 461 g/mol. The molecule has 7 nitrogen and oxygen atoms in total. The summed E-state index contributed by atoms with van der Waals surface area (Å²) in [5, 5.41) is 3.27. The maximum absolute atomic E-state index is 13.2. The van der Waals surface area contributed by atoms with Crippen LogP contribution < -0.4 is 10.9 Å². The molecule has 0 aliphatic heterocycles. The summed E-state index contributed by atoms with van der Waals surface area (Å²) < 4.78 is 6.47. The summed E-state index contributed by atoms with van der Waals surface area (Å²) in [6.07, 6.45) is 1.19. The first-order valence-electron chi connectivity index (χ1n) is 10.5. The quantitative estimate of drug-likeness (QED) is 0.423. The first-order chi connectivity index (χ1) is 15.8. The predicted octanol–water partition coefficient (Wildman–Crippen LogP) is 4.64. The molecule has 0 atom stereocenters. The average molecular weight is 462 g/mol. The summed E-state index contributed by atoms with van der Waals surface area (Å²) in [5.74, 6) is -0.793. The Balaban J connectivity index is 1.55. The molecule has 0 aliphatic rings. The van der Waals surface area contributed by atoms with Crippen molar-refractivity contribution in [2.45, 2.75) is 33.4 Å². The van der Waals surface area contributed by atoms with E-state index in [9.17, 15) is 14.4 Å². The largest absolute Gasteiger partial charge is 0.459 e. The molecule has 1 N–H and O–H groups in total. The van der Waals surface area contributed by atoms with Crippen LogP contribution in [-0.2, 0) is 16.1 Å². The molecule has 0 fully saturated rings. The van der Waals surface area contributed by atoms with Crippen molar-refractivity contribution in [3.05, 3.63) is 81.7 Å². The molecule has 0 unspecified atom stereocenters. The second-order valence-electron chi connectivity index (χ2n) is 7.84. The number of hydrogen-bond donors (Lipinski definition) is 1. The highest BCUT2D eigenvalue weighted by molar-refractivity contribution is 7.19. The number of aromatic nitrogens is 2. The topological polar surface area (TPSA) is 90.3 Å². The van der Waals surface area contributed by atoms with Gasteiger partial charge in [0.15, 0.2) is 0 Å². The number of thiophene rings is 1. The van der Waals surface area contributed by atoms with Crippen LogP contribution in [0.2, 0.25) is 0 Å². The van der Waals surface area contributed by atoms with Crippen LogP contribution in [0.25, 0.3) is 21.3 Å². The molecule has 0 spiro atoms. The van der Waals surface area contributed by atoms with E-state index in [0.29, 0.717) is 21.5 Å².